The highest BCUT2D eigenvalue weighted by molar-refractivity contribution is 9.10. The molecule has 1 heterocycles. The first kappa shape index (κ1) is 30.9. The molecule has 4 amide bonds. The van der Waals surface area contributed by atoms with Crippen molar-refractivity contribution >= 4 is 68.1 Å². The van der Waals surface area contributed by atoms with Gasteiger partial charge in [0.05, 0.1) is 17.7 Å². The van der Waals surface area contributed by atoms with E-state index in [1.54, 1.807) is 24.3 Å². The minimum atomic E-state index is -0.561. The lowest BCUT2D eigenvalue weighted by Gasteiger charge is -2.14. The van der Waals surface area contributed by atoms with Crippen LogP contribution in [0.15, 0.2) is 57.9 Å². The van der Waals surface area contributed by atoms with Crippen LogP contribution in [0, 0.1) is 27.7 Å². The van der Waals surface area contributed by atoms with Crippen LogP contribution in [0.4, 0.5) is 16.2 Å². The lowest BCUT2D eigenvalue weighted by atomic mass is 10.1. The fourth-order valence-corrected chi connectivity index (χ4v) is 5.49. The lowest BCUT2D eigenvalue weighted by Crippen LogP contribution is -2.36. The Hall–Kier alpha value is -4.09. The van der Waals surface area contributed by atoms with Crippen molar-refractivity contribution < 1.29 is 28.7 Å². The number of imide groups is 1. The molecule has 2 N–H and O–H groups in total. The summed E-state index contributed by atoms with van der Waals surface area (Å²) in [6.07, 6.45) is 1.55. The summed E-state index contributed by atoms with van der Waals surface area (Å²) in [6.45, 7) is 7.08. The third-order valence-corrected chi connectivity index (χ3v) is 8.11. The van der Waals surface area contributed by atoms with Gasteiger partial charge in [-0.1, -0.05) is 18.2 Å². The number of methoxy groups -OCH3 is 1. The molecular weight excluding hydrogens is 622 g/mol. The second-order valence-electron chi connectivity index (χ2n) is 9.80. The first-order valence-electron chi connectivity index (χ1n) is 12.9. The predicted octanol–water partition coefficient (Wildman–Crippen LogP) is 6.38. The van der Waals surface area contributed by atoms with Gasteiger partial charge in [0.15, 0.2) is 18.1 Å². The number of nitrogens with zero attached hydrogens (tertiary/aromatic N) is 1. The molecule has 0 aromatic heterocycles. The third kappa shape index (κ3) is 7.40. The number of amides is 4. The number of aryl methyl sites for hydroxylation is 4. The smallest absolute Gasteiger partial charge is 0.294 e. The number of hydrogen-bond donors (Lipinski definition) is 2. The number of nitrogens with one attached hydrogen (secondary N) is 2. The van der Waals surface area contributed by atoms with E-state index in [2.05, 4.69) is 26.6 Å². The van der Waals surface area contributed by atoms with Gasteiger partial charge in [0.2, 0.25) is 5.91 Å². The monoisotopic (exact) mass is 651 g/mol. The number of benzene rings is 3. The number of carbonyl (C=O) groups is 4. The van der Waals surface area contributed by atoms with Crippen molar-refractivity contribution in [1.29, 1.82) is 0 Å². The number of carbonyl (C=O) groups excluding carboxylic acids is 4. The Morgan fingerprint density at radius 1 is 0.881 bits per heavy atom. The molecule has 1 fully saturated rings. The Kier molecular flexibility index (Phi) is 9.74. The number of thioether (sulfide) groups is 1. The van der Waals surface area contributed by atoms with Gasteiger partial charge in [0.25, 0.3) is 17.1 Å². The molecule has 0 radical (unpaired) electrons. The Morgan fingerprint density at radius 2 is 1.60 bits per heavy atom. The van der Waals surface area contributed by atoms with Crippen molar-refractivity contribution in [2.24, 2.45) is 0 Å². The minimum Gasteiger partial charge on any atom is -0.493 e. The molecule has 3 aromatic rings. The Labute approximate surface area is 256 Å². The maximum Gasteiger partial charge on any atom is 0.294 e. The van der Waals surface area contributed by atoms with E-state index in [0.717, 1.165) is 43.4 Å². The van der Waals surface area contributed by atoms with Gasteiger partial charge in [-0.15, -0.1) is 0 Å². The summed E-state index contributed by atoms with van der Waals surface area (Å²) in [4.78, 5) is 51.8. The molecule has 1 aliphatic rings. The van der Waals surface area contributed by atoms with Crippen molar-refractivity contribution in [3.05, 3.63) is 85.7 Å². The number of rotatable bonds is 9. The van der Waals surface area contributed by atoms with Gasteiger partial charge in [-0.2, -0.15) is 0 Å². The molecule has 11 heteroatoms. The Morgan fingerprint density at radius 3 is 2.33 bits per heavy atom. The molecule has 9 nitrogen and oxygen atoms in total. The SMILES string of the molecule is COc1cc(/C=C2/SC(=O)N(CC(=O)Nc3cc(C)ccc3C)C2=O)ccc1OCC(=O)Nc1cc(C)c(C)cc1Br. The molecule has 1 saturated heterocycles. The van der Waals surface area contributed by atoms with Crippen molar-refractivity contribution in [3.63, 3.8) is 0 Å². The first-order chi connectivity index (χ1) is 19.9. The Bertz CT molecular complexity index is 1620. The molecule has 0 atom stereocenters. The van der Waals surface area contributed by atoms with Gasteiger partial charge >= 0.3 is 0 Å². The number of halogens is 1. The molecule has 218 valence electrons. The first-order valence-corrected chi connectivity index (χ1v) is 14.6. The number of anilines is 2. The molecule has 0 spiro atoms. The van der Waals surface area contributed by atoms with Crippen LogP contribution in [-0.4, -0.2) is 48.1 Å². The van der Waals surface area contributed by atoms with E-state index in [0.29, 0.717) is 28.4 Å². The van der Waals surface area contributed by atoms with Crippen molar-refractivity contribution in [2.75, 3.05) is 30.9 Å². The van der Waals surface area contributed by atoms with Crippen LogP contribution in [0.2, 0.25) is 0 Å². The van der Waals surface area contributed by atoms with E-state index in [1.165, 1.54) is 7.11 Å². The summed E-state index contributed by atoms with van der Waals surface area (Å²) in [5, 5.41) is 5.06. The highest BCUT2D eigenvalue weighted by atomic mass is 79.9. The highest BCUT2D eigenvalue weighted by Crippen LogP contribution is 2.35. The summed E-state index contributed by atoms with van der Waals surface area (Å²) in [7, 11) is 1.46. The quantitative estimate of drug-likeness (QED) is 0.258. The average molecular weight is 653 g/mol. The molecule has 4 rings (SSSR count). The van der Waals surface area contributed by atoms with Crippen LogP contribution in [-0.2, 0) is 14.4 Å². The van der Waals surface area contributed by atoms with Crippen LogP contribution in [0.3, 0.4) is 0 Å². The highest BCUT2D eigenvalue weighted by Gasteiger charge is 2.36. The van der Waals surface area contributed by atoms with Gasteiger partial charge in [-0.3, -0.25) is 24.1 Å². The summed E-state index contributed by atoms with van der Waals surface area (Å²) >= 11 is 4.22. The average Bonchev–Trinajstić information content (AvgIpc) is 3.20. The minimum absolute atomic E-state index is 0.175. The van der Waals surface area contributed by atoms with Gasteiger partial charge in [-0.05, 0) is 120 Å². The van der Waals surface area contributed by atoms with E-state index in [9.17, 15) is 19.2 Å². The zero-order valence-corrected chi connectivity index (χ0v) is 26.2. The molecular formula is C31H30BrN3O6S. The van der Waals surface area contributed by atoms with Crippen molar-refractivity contribution in [1.82, 2.24) is 4.90 Å². The molecule has 0 bridgehead atoms. The van der Waals surface area contributed by atoms with Crippen LogP contribution in [0.25, 0.3) is 6.08 Å². The molecule has 0 saturated carbocycles. The topological polar surface area (TPSA) is 114 Å². The van der Waals surface area contributed by atoms with E-state index in [1.807, 2.05) is 58.0 Å². The zero-order chi connectivity index (χ0) is 30.6. The van der Waals surface area contributed by atoms with Crippen molar-refractivity contribution in [2.45, 2.75) is 27.7 Å². The zero-order valence-electron chi connectivity index (χ0n) is 23.8. The number of hydrogen-bond acceptors (Lipinski definition) is 7. The van der Waals surface area contributed by atoms with E-state index >= 15 is 0 Å². The molecule has 0 aliphatic carbocycles. The normalized spacial score (nSPS) is 13.9. The fraction of sp³-hybridized carbons (Fsp3) is 0.226. The second kappa shape index (κ2) is 13.3. The molecule has 42 heavy (non-hydrogen) atoms. The maximum absolute atomic E-state index is 13.0. The van der Waals surface area contributed by atoms with Gasteiger partial charge < -0.3 is 20.1 Å². The molecule has 1 aliphatic heterocycles. The lowest BCUT2D eigenvalue weighted by molar-refractivity contribution is -0.127. The van der Waals surface area contributed by atoms with E-state index in [-0.39, 0.29) is 17.4 Å². The Balaban J connectivity index is 1.39. The van der Waals surface area contributed by atoms with E-state index in [4.69, 9.17) is 9.47 Å². The molecule has 0 unspecified atom stereocenters. The molecule has 3 aromatic carbocycles. The van der Waals surface area contributed by atoms with Crippen LogP contribution in [0.1, 0.15) is 27.8 Å². The predicted molar refractivity (Wildman–Crippen MR) is 168 cm³/mol. The van der Waals surface area contributed by atoms with Crippen LogP contribution >= 0.6 is 27.7 Å². The third-order valence-electron chi connectivity index (χ3n) is 6.54. The summed E-state index contributed by atoms with van der Waals surface area (Å²) in [6, 6.07) is 14.4. The summed E-state index contributed by atoms with van der Waals surface area (Å²) in [5.41, 5.74) is 5.85. The van der Waals surface area contributed by atoms with Gasteiger partial charge in [0.1, 0.15) is 6.54 Å². The van der Waals surface area contributed by atoms with Crippen LogP contribution in [0.5, 0.6) is 11.5 Å². The van der Waals surface area contributed by atoms with E-state index < -0.39 is 23.6 Å². The van der Waals surface area contributed by atoms with Crippen molar-refractivity contribution in [3.8, 4) is 11.5 Å². The summed E-state index contributed by atoms with van der Waals surface area (Å²) in [5.74, 6) is -0.699. The largest absolute Gasteiger partial charge is 0.493 e. The van der Waals surface area contributed by atoms with Gasteiger partial charge in [-0.25, -0.2) is 0 Å². The second-order valence-corrected chi connectivity index (χ2v) is 11.6. The standard InChI is InChI=1S/C31H30BrN3O6S/c1-17-6-7-18(2)23(10-17)33-28(36)15-35-30(38)27(42-31(35)39)14-21-8-9-25(26(13-21)40-5)41-16-29(37)34-24-12-20(4)19(3)11-22(24)32/h6-14H,15-16H2,1-5H3,(H,33,36)(H,34,37)/b27-14+. The maximum atomic E-state index is 13.0. The number of ether oxygens (including phenoxy) is 2. The van der Waals surface area contributed by atoms with Crippen LogP contribution < -0.4 is 20.1 Å². The van der Waals surface area contributed by atoms with Gasteiger partial charge in [0, 0.05) is 10.2 Å². The summed E-state index contributed by atoms with van der Waals surface area (Å²) < 4.78 is 11.9. The fourth-order valence-electron chi connectivity index (χ4n) is 4.09.